The molecule has 1 unspecified atom stereocenters. The Labute approximate surface area is 186 Å². The van der Waals surface area contributed by atoms with Gasteiger partial charge in [-0.3, -0.25) is 4.79 Å². The number of fused-ring (bicyclic) bond motifs is 1. The van der Waals surface area contributed by atoms with Crippen LogP contribution in [0.3, 0.4) is 0 Å². The van der Waals surface area contributed by atoms with E-state index in [9.17, 15) is 9.90 Å². The number of rotatable bonds is 6. The van der Waals surface area contributed by atoms with E-state index in [1.807, 2.05) is 11.8 Å². The van der Waals surface area contributed by atoms with Crippen LogP contribution in [0.4, 0.5) is 5.82 Å². The highest BCUT2D eigenvalue weighted by molar-refractivity contribution is 5.79. The fourth-order valence-corrected chi connectivity index (χ4v) is 7.26. The summed E-state index contributed by atoms with van der Waals surface area (Å²) in [7, 11) is 0. The summed E-state index contributed by atoms with van der Waals surface area (Å²) in [6.45, 7) is 8.03. The van der Waals surface area contributed by atoms with Crippen LogP contribution in [-0.4, -0.2) is 45.1 Å². The molecule has 1 aromatic rings. The van der Waals surface area contributed by atoms with Gasteiger partial charge in [0.25, 0.3) is 0 Å². The lowest BCUT2D eigenvalue weighted by Crippen LogP contribution is -2.53. The van der Waals surface area contributed by atoms with Crippen LogP contribution in [0.15, 0.2) is 6.33 Å². The quantitative estimate of drug-likeness (QED) is 0.726. The monoisotopic (exact) mass is 426 g/mol. The molecule has 2 N–H and O–H groups in total. The molecule has 0 radical (unpaired) electrons. The molecule has 4 saturated carbocycles. The van der Waals surface area contributed by atoms with Gasteiger partial charge >= 0.3 is 0 Å². The zero-order chi connectivity index (χ0) is 21.8. The van der Waals surface area contributed by atoms with Crippen molar-refractivity contribution in [2.24, 2.45) is 35.0 Å². The highest BCUT2D eigenvalue weighted by Gasteiger charge is 2.53. The highest BCUT2D eigenvalue weighted by atomic mass is 16.3. The van der Waals surface area contributed by atoms with Crippen LogP contribution in [0, 0.1) is 35.0 Å². The number of anilines is 1. The number of hydrogen-bond donors (Lipinski definition) is 2. The Morgan fingerprint density at radius 3 is 2.42 bits per heavy atom. The molecular weight excluding hydrogens is 388 g/mol. The van der Waals surface area contributed by atoms with Crippen LogP contribution >= 0.6 is 0 Å². The largest absolute Gasteiger partial charge is 0.391 e. The lowest BCUT2D eigenvalue weighted by atomic mass is 9.48. The maximum absolute atomic E-state index is 12.8. The summed E-state index contributed by atoms with van der Waals surface area (Å²) in [5.41, 5.74) is 2.17. The van der Waals surface area contributed by atoms with Gasteiger partial charge < -0.3 is 15.3 Å². The van der Waals surface area contributed by atoms with Crippen molar-refractivity contribution in [2.45, 2.75) is 78.4 Å². The highest BCUT2D eigenvalue weighted by Crippen LogP contribution is 2.61. The summed E-state index contributed by atoms with van der Waals surface area (Å²) in [4.78, 5) is 23.7. The van der Waals surface area contributed by atoms with Gasteiger partial charge in [0.2, 0.25) is 5.91 Å². The third-order valence-corrected chi connectivity index (χ3v) is 8.96. The van der Waals surface area contributed by atoms with Crippen LogP contribution in [0.5, 0.6) is 0 Å². The molecular formula is C25H38N4O2. The minimum Gasteiger partial charge on any atom is -0.391 e. The SMILES string of the molecule is CC(C)[C@H](C)C(=O)N1CCc2c(ncnc2NCC(O)C23CC4CC(CC(C4)C2)C3)C1. The maximum atomic E-state index is 12.8. The summed E-state index contributed by atoms with van der Waals surface area (Å²) in [6, 6.07) is 0. The lowest BCUT2D eigenvalue weighted by Gasteiger charge is -2.58. The Bertz CT molecular complexity index is 804. The van der Waals surface area contributed by atoms with Gasteiger partial charge in [-0.05, 0) is 74.0 Å². The molecule has 1 amide bonds. The minimum atomic E-state index is -0.319. The van der Waals surface area contributed by atoms with Crippen molar-refractivity contribution in [2.75, 3.05) is 18.4 Å². The number of aliphatic hydroxyl groups excluding tert-OH is 1. The van der Waals surface area contributed by atoms with E-state index in [1.165, 1.54) is 38.5 Å². The second-order valence-corrected chi connectivity index (χ2v) is 11.4. The standard InChI is InChI=1S/C25H38N4O2/c1-15(2)16(3)24(31)29-5-4-20-21(13-29)27-14-28-23(20)26-12-22(30)25-9-17-6-18(10-25)8-19(7-17)11-25/h14-19,22,30H,4-13H2,1-3H3,(H,26,27,28)/t16-,17?,18?,19?,22?,25?/m0/s1. The number of hydrogen-bond acceptors (Lipinski definition) is 5. The topological polar surface area (TPSA) is 78.4 Å². The van der Waals surface area contributed by atoms with Crippen molar-refractivity contribution in [3.63, 3.8) is 0 Å². The van der Waals surface area contributed by atoms with Gasteiger partial charge in [-0.2, -0.15) is 0 Å². The molecule has 0 saturated heterocycles. The molecule has 0 aromatic carbocycles. The second kappa shape index (κ2) is 8.02. The molecule has 2 heterocycles. The molecule has 2 atom stereocenters. The molecule has 6 rings (SSSR count). The van der Waals surface area contributed by atoms with Crippen molar-refractivity contribution < 1.29 is 9.90 Å². The minimum absolute atomic E-state index is 0.0245. The van der Waals surface area contributed by atoms with E-state index in [1.54, 1.807) is 6.33 Å². The lowest BCUT2D eigenvalue weighted by molar-refractivity contribution is -0.137. The van der Waals surface area contributed by atoms with Crippen molar-refractivity contribution >= 4 is 11.7 Å². The van der Waals surface area contributed by atoms with Crippen molar-refractivity contribution in [1.29, 1.82) is 0 Å². The van der Waals surface area contributed by atoms with E-state index in [0.717, 1.165) is 41.2 Å². The van der Waals surface area contributed by atoms with E-state index in [0.29, 0.717) is 25.6 Å². The Hall–Kier alpha value is -1.69. The van der Waals surface area contributed by atoms with Crippen LogP contribution in [0.25, 0.3) is 0 Å². The number of carbonyl (C=O) groups is 1. The molecule has 170 valence electrons. The van der Waals surface area contributed by atoms with Crippen LogP contribution < -0.4 is 5.32 Å². The normalized spacial score (nSPS) is 33.3. The van der Waals surface area contributed by atoms with Gasteiger partial charge in [0.1, 0.15) is 12.1 Å². The number of aliphatic hydroxyl groups is 1. The first-order valence-electron chi connectivity index (χ1n) is 12.4. The number of carbonyl (C=O) groups excluding carboxylic acids is 1. The molecule has 1 aromatic heterocycles. The van der Waals surface area contributed by atoms with Gasteiger partial charge in [0.05, 0.1) is 18.3 Å². The third-order valence-electron chi connectivity index (χ3n) is 8.96. The predicted molar refractivity (Wildman–Crippen MR) is 120 cm³/mol. The zero-order valence-corrected chi connectivity index (χ0v) is 19.3. The van der Waals surface area contributed by atoms with E-state index in [4.69, 9.17) is 0 Å². The van der Waals surface area contributed by atoms with E-state index in [2.05, 4.69) is 29.1 Å². The van der Waals surface area contributed by atoms with E-state index in [-0.39, 0.29) is 23.3 Å². The van der Waals surface area contributed by atoms with Gasteiger partial charge in [-0.1, -0.05) is 20.8 Å². The van der Waals surface area contributed by atoms with Crippen molar-refractivity contribution in [3.05, 3.63) is 17.6 Å². The Balaban J connectivity index is 1.25. The first-order chi connectivity index (χ1) is 14.8. The molecule has 5 aliphatic rings. The molecule has 4 fully saturated rings. The second-order valence-electron chi connectivity index (χ2n) is 11.4. The predicted octanol–water partition coefficient (Wildman–Crippen LogP) is 3.64. The van der Waals surface area contributed by atoms with Crippen LogP contribution in [0.2, 0.25) is 0 Å². The average Bonchev–Trinajstić information content (AvgIpc) is 2.74. The molecule has 1 aliphatic heterocycles. The summed E-state index contributed by atoms with van der Waals surface area (Å²) in [5, 5.41) is 14.7. The summed E-state index contributed by atoms with van der Waals surface area (Å²) in [5.74, 6) is 3.93. The zero-order valence-electron chi connectivity index (χ0n) is 19.3. The van der Waals surface area contributed by atoms with Crippen LogP contribution in [0.1, 0.15) is 70.6 Å². The Morgan fingerprint density at radius 1 is 1.16 bits per heavy atom. The summed E-state index contributed by atoms with van der Waals surface area (Å²) in [6.07, 6.45) is 9.83. The fraction of sp³-hybridized carbons (Fsp3) is 0.800. The number of aromatic nitrogens is 2. The smallest absolute Gasteiger partial charge is 0.226 e. The Kier molecular flexibility index (Phi) is 5.48. The van der Waals surface area contributed by atoms with E-state index < -0.39 is 0 Å². The van der Waals surface area contributed by atoms with Gasteiger partial charge in [0, 0.05) is 24.6 Å². The van der Waals surface area contributed by atoms with Gasteiger partial charge in [-0.15, -0.1) is 0 Å². The van der Waals surface area contributed by atoms with Crippen molar-refractivity contribution in [1.82, 2.24) is 14.9 Å². The summed E-state index contributed by atoms with van der Waals surface area (Å²) < 4.78 is 0. The molecule has 6 heteroatoms. The summed E-state index contributed by atoms with van der Waals surface area (Å²) >= 11 is 0. The molecule has 4 bridgehead atoms. The molecule has 6 nitrogen and oxygen atoms in total. The molecule has 31 heavy (non-hydrogen) atoms. The first kappa shape index (κ1) is 21.2. The van der Waals surface area contributed by atoms with Gasteiger partial charge in [0.15, 0.2) is 0 Å². The number of nitrogens with zero attached hydrogens (tertiary/aromatic N) is 3. The maximum Gasteiger partial charge on any atom is 0.226 e. The van der Waals surface area contributed by atoms with E-state index >= 15 is 0 Å². The molecule has 0 spiro atoms. The number of nitrogens with one attached hydrogen (secondary N) is 1. The number of amides is 1. The first-order valence-corrected chi connectivity index (χ1v) is 12.4. The molecule has 4 aliphatic carbocycles. The van der Waals surface area contributed by atoms with Crippen molar-refractivity contribution in [3.8, 4) is 0 Å². The Morgan fingerprint density at radius 2 is 1.81 bits per heavy atom. The third kappa shape index (κ3) is 3.85. The van der Waals surface area contributed by atoms with Gasteiger partial charge in [-0.25, -0.2) is 9.97 Å². The average molecular weight is 427 g/mol. The fourth-order valence-electron chi connectivity index (χ4n) is 7.26. The van der Waals surface area contributed by atoms with Crippen LogP contribution in [-0.2, 0) is 17.8 Å².